The Kier molecular flexibility index (Phi) is 5.20. The van der Waals surface area contributed by atoms with Gasteiger partial charge in [-0.1, -0.05) is 13.0 Å². The Morgan fingerprint density at radius 3 is 2.28 bits per heavy atom. The van der Waals surface area contributed by atoms with Gasteiger partial charge in [0.25, 0.3) is 5.91 Å². The van der Waals surface area contributed by atoms with Gasteiger partial charge in [-0.25, -0.2) is 0 Å². The molecule has 0 aliphatic heterocycles. The van der Waals surface area contributed by atoms with Crippen LogP contribution in [0, 0.1) is 13.8 Å². The maximum absolute atomic E-state index is 11.9. The van der Waals surface area contributed by atoms with Crippen LogP contribution in [0.15, 0.2) is 18.2 Å². The molecule has 1 rings (SSSR count). The second kappa shape index (κ2) is 6.43. The molecule has 0 radical (unpaired) electrons. The number of rotatable bonds is 5. The molecule has 0 spiro atoms. The van der Waals surface area contributed by atoms with Gasteiger partial charge in [-0.3, -0.25) is 4.79 Å². The van der Waals surface area contributed by atoms with Gasteiger partial charge < -0.3 is 10.1 Å². The number of benzene rings is 1. The SMILES string of the molecule is CC[C@H](C)NC(=O)[C@H](C)Oc1cc(C)cc(C)c1. The van der Waals surface area contributed by atoms with Crippen LogP contribution < -0.4 is 10.1 Å². The molecule has 1 aromatic rings. The van der Waals surface area contributed by atoms with Crippen molar-refractivity contribution in [2.24, 2.45) is 0 Å². The molecule has 18 heavy (non-hydrogen) atoms. The largest absolute Gasteiger partial charge is 0.481 e. The summed E-state index contributed by atoms with van der Waals surface area (Å²) < 4.78 is 5.67. The van der Waals surface area contributed by atoms with Crippen LogP contribution in [0.25, 0.3) is 0 Å². The number of amides is 1. The molecule has 0 aliphatic carbocycles. The van der Waals surface area contributed by atoms with Crippen LogP contribution >= 0.6 is 0 Å². The van der Waals surface area contributed by atoms with Gasteiger partial charge in [0.05, 0.1) is 0 Å². The Morgan fingerprint density at radius 1 is 1.22 bits per heavy atom. The maximum atomic E-state index is 11.9. The lowest BCUT2D eigenvalue weighted by molar-refractivity contribution is -0.127. The Balaban J connectivity index is 2.63. The Hall–Kier alpha value is -1.51. The van der Waals surface area contributed by atoms with Crippen molar-refractivity contribution >= 4 is 5.91 Å². The Morgan fingerprint density at radius 2 is 1.78 bits per heavy atom. The molecule has 0 unspecified atom stereocenters. The predicted octanol–water partition coefficient (Wildman–Crippen LogP) is 2.99. The van der Waals surface area contributed by atoms with E-state index >= 15 is 0 Å². The van der Waals surface area contributed by atoms with Crippen molar-refractivity contribution in [3.05, 3.63) is 29.3 Å². The number of nitrogens with one attached hydrogen (secondary N) is 1. The van der Waals surface area contributed by atoms with Crippen LogP contribution in [0.3, 0.4) is 0 Å². The molecule has 3 nitrogen and oxygen atoms in total. The fourth-order valence-corrected chi connectivity index (χ4v) is 1.72. The molecule has 0 bridgehead atoms. The molecule has 1 amide bonds. The molecule has 100 valence electrons. The topological polar surface area (TPSA) is 38.3 Å². The molecule has 0 heterocycles. The van der Waals surface area contributed by atoms with Crippen LogP contribution in [0.2, 0.25) is 0 Å². The quantitative estimate of drug-likeness (QED) is 0.871. The van der Waals surface area contributed by atoms with Crippen LogP contribution in [0.1, 0.15) is 38.3 Å². The summed E-state index contributed by atoms with van der Waals surface area (Å²) >= 11 is 0. The summed E-state index contributed by atoms with van der Waals surface area (Å²) in [4.78, 5) is 11.9. The maximum Gasteiger partial charge on any atom is 0.260 e. The lowest BCUT2D eigenvalue weighted by Crippen LogP contribution is -2.40. The summed E-state index contributed by atoms with van der Waals surface area (Å²) in [5, 5.41) is 2.91. The number of carbonyl (C=O) groups excluding carboxylic acids is 1. The van der Waals surface area contributed by atoms with Crippen molar-refractivity contribution in [1.29, 1.82) is 0 Å². The average molecular weight is 249 g/mol. The highest BCUT2D eigenvalue weighted by Gasteiger charge is 2.16. The average Bonchev–Trinajstić information content (AvgIpc) is 2.27. The van der Waals surface area contributed by atoms with E-state index in [0.717, 1.165) is 23.3 Å². The second-order valence-electron chi connectivity index (χ2n) is 4.90. The third-order valence-corrected chi connectivity index (χ3v) is 2.88. The van der Waals surface area contributed by atoms with Crippen LogP contribution in [0.5, 0.6) is 5.75 Å². The minimum atomic E-state index is -0.472. The molecule has 3 heteroatoms. The zero-order chi connectivity index (χ0) is 13.7. The van der Waals surface area contributed by atoms with Gasteiger partial charge in [0, 0.05) is 6.04 Å². The number of carbonyl (C=O) groups is 1. The van der Waals surface area contributed by atoms with Crippen molar-refractivity contribution in [3.63, 3.8) is 0 Å². The van der Waals surface area contributed by atoms with Gasteiger partial charge in [0.1, 0.15) is 5.75 Å². The van der Waals surface area contributed by atoms with E-state index in [0.29, 0.717) is 0 Å². The first-order valence-electron chi connectivity index (χ1n) is 6.47. The molecular weight excluding hydrogens is 226 g/mol. The highest BCUT2D eigenvalue weighted by molar-refractivity contribution is 5.80. The van der Waals surface area contributed by atoms with Gasteiger partial charge >= 0.3 is 0 Å². The third-order valence-electron chi connectivity index (χ3n) is 2.88. The summed E-state index contributed by atoms with van der Waals surface area (Å²) in [6.07, 6.45) is 0.447. The molecule has 2 atom stereocenters. The van der Waals surface area contributed by atoms with Gasteiger partial charge in [-0.15, -0.1) is 0 Å². The van der Waals surface area contributed by atoms with E-state index in [4.69, 9.17) is 4.74 Å². The first-order valence-corrected chi connectivity index (χ1v) is 6.47. The van der Waals surface area contributed by atoms with Gasteiger partial charge in [-0.05, 0) is 57.4 Å². The van der Waals surface area contributed by atoms with E-state index in [2.05, 4.69) is 11.4 Å². The van der Waals surface area contributed by atoms with E-state index in [1.807, 2.05) is 39.8 Å². The molecule has 0 saturated heterocycles. The Labute approximate surface area is 110 Å². The van der Waals surface area contributed by atoms with E-state index in [-0.39, 0.29) is 11.9 Å². The molecule has 1 N–H and O–H groups in total. The van der Waals surface area contributed by atoms with Crippen LogP contribution in [-0.2, 0) is 4.79 Å². The monoisotopic (exact) mass is 249 g/mol. The van der Waals surface area contributed by atoms with Crippen molar-refractivity contribution < 1.29 is 9.53 Å². The first-order chi connectivity index (χ1) is 8.42. The van der Waals surface area contributed by atoms with Gasteiger partial charge in [0.2, 0.25) is 0 Å². The summed E-state index contributed by atoms with van der Waals surface area (Å²) in [7, 11) is 0. The van der Waals surface area contributed by atoms with Crippen molar-refractivity contribution in [1.82, 2.24) is 5.32 Å². The summed E-state index contributed by atoms with van der Waals surface area (Å²) in [5.41, 5.74) is 2.28. The zero-order valence-corrected chi connectivity index (χ0v) is 11.9. The fraction of sp³-hybridized carbons (Fsp3) is 0.533. The van der Waals surface area contributed by atoms with E-state index in [1.165, 1.54) is 0 Å². The predicted molar refractivity (Wildman–Crippen MR) is 73.9 cm³/mol. The van der Waals surface area contributed by atoms with E-state index in [9.17, 15) is 4.79 Å². The normalized spacial score (nSPS) is 13.8. The van der Waals surface area contributed by atoms with Crippen molar-refractivity contribution in [2.45, 2.75) is 53.2 Å². The number of aryl methyl sites for hydroxylation is 2. The smallest absolute Gasteiger partial charge is 0.260 e. The van der Waals surface area contributed by atoms with Gasteiger partial charge in [-0.2, -0.15) is 0 Å². The lowest BCUT2D eigenvalue weighted by atomic mass is 10.1. The summed E-state index contributed by atoms with van der Waals surface area (Å²) in [6.45, 7) is 9.84. The molecule has 0 fully saturated rings. The molecule has 0 saturated carbocycles. The van der Waals surface area contributed by atoms with Crippen molar-refractivity contribution in [2.75, 3.05) is 0 Å². The second-order valence-corrected chi connectivity index (χ2v) is 4.90. The minimum absolute atomic E-state index is 0.0662. The van der Waals surface area contributed by atoms with E-state index in [1.54, 1.807) is 6.92 Å². The van der Waals surface area contributed by atoms with Crippen molar-refractivity contribution in [3.8, 4) is 5.75 Å². The third kappa shape index (κ3) is 4.40. The minimum Gasteiger partial charge on any atom is -0.481 e. The number of hydrogen-bond acceptors (Lipinski definition) is 2. The van der Waals surface area contributed by atoms with Crippen LogP contribution in [-0.4, -0.2) is 18.1 Å². The highest BCUT2D eigenvalue weighted by atomic mass is 16.5. The van der Waals surface area contributed by atoms with E-state index < -0.39 is 6.10 Å². The summed E-state index contributed by atoms with van der Waals surface area (Å²) in [5.74, 6) is 0.683. The molecule has 0 aliphatic rings. The zero-order valence-electron chi connectivity index (χ0n) is 11.9. The van der Waals surface area contributed by atoms with Crippen LogP contribution in [0.4, 0.5) is 0 Å². The highest BCUT2D eigenvalue weighted by Crippen LogP contribution is 2.17. The Bertz CT molecular complexity index is 395. The number of ether oxygens (including phenoxy) is 1. The lowest BCUT2D eigenvalue weighted by Gasteiger charge is -2.18. The summed E-state index contributed by atoms with van der Waals surface area (Å²) in [6, 6.07) is 6.15. The molecular formula is C15H23NO2. The first kappa shape index (κ1) is 14.6. The van der Waals surface area contributed by atoms with Gasteiger partial charge in [0.15, 0.2) is 6.10 Å². The molecule has 1 aromatic carbocycles. The standard InChI is InChI=1S/C15H23NO2/c1-6-12(4)16-15(17)13(5)18-14-8-10(2)7-11(3)9-14/h7-9,12-13H,6H2,1-5H3,(H,16,17)/t12-,13-/m0/s1. The number of hydrogen-bond donors (Lipinski definition) is 1. The molecule has 0 aromatic heterocycles. The fourth-order valence-electron chi connectivity index (χ4n) is 1.72.